The molecule has 1 aromatic rings. The quantitative estimate of drug-likeness (QED) is 0.787. The number of hydrogen-bond donors (Lipinski definition) is 1. The molecule has 0 aromatic heterocycles. The molecule has 2 rings (SSSR count). The molecular formula is C11H15NO2S. The first-order chi connectivity index (χ1) is 6.91. The van der Waals surface area contributed by atoms with Crippen LogP contribution in [0.2, 0.25) is 0 Å². The fraction of sp³-hybridized carbons (Fsp3) is 0.455. The van der Waals surface area contributed by atoms with Crippen molar-refractivity contribution >= 4 is 10.0 Å². The molecule has 1 aliphatic heterocycles. The summed E-state index contributed by atoms with van der Waals surface area (Å²) in [6.07, 6.45) is 0. The van der Waals surface area contributed by atoms with Crippen molar-refractivity contribution < 1.29 is 8.42 Å². The van der Waals surface area contributed by atoms with E-state index in [1.54, 1.807) is 0 Å². The Labute approximate surface area is 90.6 Å². The first-order valence-electron chi connectivity index (χ1n) is 4.97. The molecule has 1 heterocycles. The zero-order chi connectivity index (χ0) is 11.1. The van der Waals surface area contributed by atoms with Crippen molar-refractivity contribution in [1.82, 2.24) is 4.72 Å². The minimum atomic E-state index is -3.10. The molecule has 0 aliphatic carbocycles. The Morgan fingerprint density at radius 2 is 1.87 bits per heavy atom. The second-order valence-electron chi connectivity index (χ2n) is 4.57. The summed E-state index contributed by atoms with van der Waals surface area (Å²) in [5.41, 5.74) is 0.691. The van der Waals surface area contributed by atoms with Crippen LogP contribution in [0.5, 0.6) is 0 Å². The third-order valence-corrected chi connectivity index (χ3v) is 4.49. The van der Waals surface area contributed by atoms with Gasteiger partial charge in [-0.15, -0.1) is 0 Å². The van der Waals surface area contributed by atoms with Crippen molar-refractivity contribution in [2.75, 3.05) is 5.75 Å². The van der Waals surface area contributed by atoms with Crippen LogP contribution >= 0.6 is 0 Å². The average Bonchev–Trinajstić information content (AvgIpc) is 2.36. The van der Waals surface area contributed by atoms with E-state index in [0.29, 0.717) is 0 Å². The Morgan fingerprint density at radius 3 is 2.33 bits per heavy atom. The number of benzene rings is 1. The normalized spacial score (nSPS) is 27.7. The van der Waals surface area contributed by atoms with E-state index >= 15 is 0 Å². The van der Waals surface area contributed by atoms with Crippen LogP contribution < -0.4 is 4.72 Å². The second kappa shape index (κ2) is 3.32. The summed E-state index contributed by atoms with van der Waals surface area (Å²) in [6.45, 7) is 3.85. The summed E-state index contributed by atoms with van der Waals surface area (Å²) in [4.78, 5) is 0. The summed E-state index contributed by atoms with van der Waals surface area (Å²) in [5, 5.41) is 0. The highest BCUT2D eigenvalue weighted by atomic mass is 32.2. The Bertz CT molecular complexity index is 451. The summed E-state index contributed by atoms with van der Waals surface area (Å²) in [7, 11) is -3.10. The van der Waals surface area contributed by atoms with Crippen LogP contribution in [0.4, 0.5) is 0 Å². The molecule has 0 spiro atoms. The summed E-state index contributed by atoms with van der Waals surface area (Å²) >= 11 is 0. The lowest BCUT2D eigenvalue weighted by Gasteiger charge is -2.25. The highest BCUT2D eigenvalue weighted by Crippen LogP contribution is 2.34. The first-order valence-corrected chi connectivity index (χ1v) is 6.62. The maximum Gasteiger partial charge on any atom is 0.212 e. The van der Waals surface area contributed by atoms with Crippen LogP contribution in [0, 0.1) is 0 Å². The van der Waals surface area contributed by atoms with E-state index in [1.807, 2.05) is 44.2 Å². The summed E-state index contributed by atoms with van der Waals surface area (Å²) in [6, 6.07) is 9.78. The van der Waals surface area contributed by atoms with Crippen molar-refractivity contribution in [2.24, 2.45) is 0 Å². The zero-order valence-corrected chi connectivity index (χ0v) is 9.71. The standard InChI is InChI=1S/C11H15NO2S/c1-11(2)10(8-15(13,14)12-11)9-6-4-3-5-7-9/h3-7,10,12H,8H2,1-2H3. The van der Waals surface area contributed by atoms with Gasteiger partial charge in [-0.2, -0.15) is 0 Å². The lowest BCUT2D eigenvalue weighted by Crippen LogP contribution is -2.38. The third-order valence-electron chi connectivity index (χ3n) is 2.88. The van der Waals surface area contributed by atoms with E-state index in [4.69, 9.17) is 0 Å². The van der Waals surface area contributed by atoms with Gasteiger partial charge in [-0.25, -0.2) is 13.1 Å². The summed E-state index contributed by atoms with van der Waals surface area (Å²) < 4.78 is 25.7. The van der Waals surface area contributed by atoms with Gasteiger partial charge in [0.25, 0.3) is 0 Å². The topological polar surface area (TPSA) is 46.2 Å². The van der Waals surface area contributed by atoms with Crippen LogP contribution in [-0.2, 0) is 10.0 Å². The van der Waals surface area contributed by atoms with Gasteiger partial charge in [0, 0.05) is 11.5 Å². The van der Waals surface area contributed by atoms with E-state index in [0.717, 1.165) is 5.56 Å². The summed E-state index contributed by atoms with van der Waals surface area (Å²) in [5.74, 6) is 0.216. The monoisotopic (exact) mass is 225 g/mol. The van der Waals surface area contributed by atoms with Crippen LogP contribution in [0.15, 0.2) is 30.3 Å². The van der Waals surface area contributed by atoms with E-state index in [1.165, 1.54) is 0 Å². The molecule has 15 heavy (non-hydrogen) atoms. The van der Waals surface area contributed by atoms with Gasteiger partial charge in [0.05, 0.1) is 5.75 Å². The number of sulfonamides is 1. The SMILES string of the molecule is CC1(C)NS(=O)(=O)CC1c1ccccc1. The van der Waals surface area contributed by atoms with Crippen LogP contribution in [0.25, 0.3) is 0 Å². The fourth-order valence-electron chi connectivity index (χ4n) is 2.14. The smallest absolute Gasteiger partial charge is 0.212 e. The molecule has 1 aliphatic rings. The highest BCUT2D eigenvalue weighted by Gasteiger charge is 2.43. The van der Waals surface area contributed by atoms with Crippen LogP contribution in [-0.4, -0.2) is 19.7 Å². The molecule has 82 valence electrons. The van der Waals surface area contributed by atoms with Gasteiger partial charge in [0.15, 0.2) is 0 Å². The third kappa shape index (κ3) is 2.06. The lowest BCUT2D eigenvalue weighted by molar-refractivity contribution is 0.428. The molecule has 1 saturated heterocycles. The Balaban J connectivity index is 2.40. The van der Waals surface area contributed by atoms with Gasteiger partial charge in [-0.1, -0.05) is 30.3 Å². The van der Waals surface area contributed by atoms with Crippen molar-refractivity contribution in [3.8, 4) is 0 Å². The fourth-order valence-corrected chi connectivity index (χ4v) is 4.21. The van der Waals surface area contributed by atoms with Crippen LogP contribution in [0.1, 0.15) is 25.3 Å². The van der Waals surface area contributed by atoms with Gasteiger partial charge in [0.2, 0.25) is 10.0 Å². The minimum Gasteiger partial charge on any atom is -0.212 e. The second-order valence-corrected chi connectivity index (χ2v) is 6.34. The molecule has 4 heteroatoms. The molecule has 1 atom stereocenters. The van der Waals surface area contributed by atoms with Crippen molar-refractivity contribution in [3.63, 3.8) is 0 Å². The van der Waals surface area contributed by atoms with Crippen molar-refractivity contribution in [1.29, 1.82) is 0 Å². The van der Waals surface area contributed by atoms with Gasteiger partial charge < -0.3 is 0 Å². The van der Waals surface area contributed by atoms with E-state index in [-0.39, 0.29) is 17.2 Å². The maximum absolute atomic E-state index is 11.5. The predicted molar refractivity (Wildman–Crippen MR) is 60.2 cm³/mol. The zero-order valence-electron chi connectivity index (χ0n) is 8.90. The Morgan fingerprint density at radius 1 is 1.27 bits per heavy atom. The number of rotatable bonds is 1. The van der Waals surface area contributed by atoms with E-state index in [9.17, 15) is 8.42 Å². The van der Waals surface area contributed by atoms with Crippen molar-refractivity contribution in [3.05, 3.63) is 35.9 Å². The lowest BCUT2D eigenvalue weighted by atomic mass is 9.84. The minimum absolute atomic E-state index is 0.0312. The van der Waals surface area contributed by atoms with E-state index in [2.05, 4.69) is 4.72 Å². The maximum atomic E-state index is 11.5. The number of hydrogen-bond acceptors (Lipinski definition) is 2. The molecule has 0 bridgehead atoms. The predicted octanol–water partition coefficient (Wildman–Crippen LogP) is 1.48. The average molecular weight is 225 g/mol. The van der Waals surface area contributed by atoms with Gasteiger partial charge in [-0.3, -0.25) is 0 Å². The van der Waals surface area contributed by atoms with Gasteiger partial charge in [0.1, 0.15) is 0 Å². The highest BCUT2D eigenvalue weighted by molar-refractivity contribution is 7.89. The molecular weight excluding hydrogens is 210 g/mol. The molecule has 0 saturated carbocycles. The van der Waals surface area contributed by atoms with Gasteiger partial charge >= 0.3 is 0 Å². The van der Waals surface area contributed by atoms with Gasteiger partial charge in [-0.05, 0) is 19.4 Å². The molecule has 1 N–H and O–H groups in total. The first kappa shape index (κ1) is 10.6. The molecule has 1 unspecified atom stereocenters. The van der Waals surface area contributed by atoms with Crippen molar-refractivity contribution in [2.45, 2.75) is 25.3 Å². The molecule has 3 nitrogen and oxygen atoms in total. The Kier molecular flexibility index (Phi) is 2.35. The molecule has 0 radical (unpaired) electrons. The van der Waals surface area contributed by atoms with Crippen LogP contribution in [0.3, 0.4) is 0 Å². The largest absolute Gasteiger partial charge is 0.212 e. The molecule has 1 aromatic carbocycles. The Hall–Kier alpha value is -0.870. The molecule has 1 fully saturated rings. The molecule has 0 amide bonds. The van der Waals surface area contributed by atoms with E-state index < -0.39 is 10.0 Å². The number of nitrogens with one attached hydrogen (secondary N) is 1.